The minimum atomic E-state index is -0.405. The van der Waals surface area contributed by atoms with Gasteiger partial charge in [0.25, 0.3) is 0 Å². The highest BCUT2D eigenvalue weighted by atomic mass is 16.5. The first-order valence-corrected chi connectivity index (χ1v) is 10.1. The zero-order valence-corrected chi connectivity index (χ0v) is 17.5. The summed E-state index contributed by atoms with van der Waals surface area (Å²) in [7, 11) is 1.59. The molecule has 1 N–H and O–H groups in total. The van der Waals surface area contributed by atoms with Gasteiger partial charge in [0, 0.05) is 24.3 Å². The van der Waals surface area contributed by atoms with Crippen LogP contribution in [0.15, 0.2) is 72.8 Å². The summed E-state index contributed by atoms with van der Waals surface area (Å²) in [5.74, 6) is 1.53. The van der Waals surface area contributed by atoms with E-state index in [1.807, 2.05) is 43.3 Å². The molecule has 6 heteroatoms. The van der Waals surface area contributed by atoms with Crippen molar-refractivity contribution in [2.24, 2.45) is 5.92 Å². The van der Waals surface area contributed by atoms with Crippen molar-refractivity contribution >= 4 is 23.2 Å². The molecule has 158 valence electrons. The van der Waals surface area contributed by atoms with Crippen LogP contribution in [-0.2, 0) is 9.59 Å². The van der Waals surface area contributed by atoms with Crippen molar-refractivity contribution in [2.75, 3.05) is 23.9 Å². The van der Waals surface area contributed by atoms with Gasteiger partial charge < -0.3 is 19.7 Å². The normalized spacial score (nSPS) is 15.6. The first-order valence-electron chi connectivity index (χ1n) is 10.1. The highest BCUT2D eigenvalue weighted by Gasteiger charge is 2.35. The predicted molar refractivity (Wildman–Crippen MR) is 120 cm³/mol. The molecule has 0 spiro atoms. The first kappa shape index (κ1) is 20.5. The molecule has 0 radical (unpaired) electrons. The number of ether oxygens (including phenoxy) is 2. The lowest BCUT2D eigenvalue weighted by atomic mass is 10.1. The number of hydrogen-bond donors (Lipinski definition) is 1. The lowest BCUT2D eigenvalue weighted by Gasteiger charge is -2.17. The second-order valence-corrected chi connectivity index (χ2v) is 7.54. The van der Waals surface area contributed by atoms with Crippen LogP contribution in [0.4, 0.5) is 11.4 Å². The monoisotopic (exact) mass is 416 g/mol. The molecule has 0 saturated carbocycles. The molecular weight excluding hydrogens is 392 g/mol. The number of amides is 2. The molecule has 0 aliphatic carbocycles. The molecule has 6 nitrogen and oxygen atoms in total. The second kappa shape index (κ2) is 8.92. The van der Waals surface area contributed by atoms with Gasteiger partial charge in [0.05, 0.1) is 13.0 Å². The molecule has 3 aromatic carbocycles. The van der Waals surface area contributed by atoms with Crippen LogP contribution < -0.4 is 19.7 Å². The van der Waals surface area contributed by atoms with Crippen LogP contribution >= 0.6 is 0 Å². The van der Waals surface area contributed by atoms with E-state index < -0.39 is 5.92 Å². The van der Waals surface area contributed by atoms with Gasteiger partial charge in [0.1, 0.15) is 17.2 Å². The lowest BCUT2D eigenvalue weighted by molar-refractivity contribution is -0.122. The summed E-state index contributed by atoms with van der Waals surface area (Å²) in [6.45, 7) is 2.36. The van der Waals surface area contributed by atoms with E-state index in [0.29, 0.717) is 18.0 Å². The average molecular weight is 416 g/mol. The number of nitrogens with one attached hydrogen (secondary N) is 1. The van der Waals surface area contributed by atoms with Crippen LogP contribution in [-0.4, -0.2) is 25.5 Å². The Morgan fingerprint density at radius 2 is 1.68 bits per heavy atom. The number of carbonyl (C=O) groups excluding carboxylic acids is 2. The molecule has 1 atom stereocenters. The Morgan fingerprint density at radius 1 is 0.968 bits per heavy atom. The Balaban J connectivity index is 1.36. The van der Waals surface area contributed by atoms with Gasteiger partial charge >= 0.3 is 0 Å². The van der Waals surface area contributed by atoms with E-state index >= 15 is 0 Å². The van der Waals surface area contributed by atoms with Crippen molar-refractivity contribution in [3.63, 3.8) is 0 Å². The van der Waals surface area contributed by atoms with Crippen LogP contribution in [0.25, 0.3) is 0 Å². The largest absolute Gasteiger partial charge is 0.497 e. The minimum absolute atomic E-state index is 0.0628. The molecule has 0 bridgehead atoms. The number of methoxy groups -OCH3 is 1. The van der Waals surface area contributed by atoms with Gasteiger partial charge in [-0.05, 0) is 73.2 Å². The molecule has 0 unspecified atom stereocenters. The minimum Gasteiger partial charge on any atom is -0.497 e. The van der Waals surface area contributed by atoms with Crippen LogP contribution in [0, 0.1) is 12.8 Å². The molecule has 1 heterocycles. The number of aryl methyl sites for hydroxylation is 1. The molecule has 1 aliphatic heterocycles. The summed E-state index contributed by atoms with van der Waals surface area (Å²) in [4.78, 5) is 26.8. The van der Waals surface area contributed by atoms with Crippen molar-refractivity contribution in [1.29, 1.82) is 0 Å². The smallest absolute Gasteiger partial charge is 0.229 e. The molecular formula is C25H24N2O4. The van der Waals surface area contributed by atoms with Crippen molar-refractivity contribution in [1.82, 2.24) is 0 Å². The fourth-order valence-corrected chi connectivity index (χ4v) is 3.56. The van der Waals surface area contributed by atoms with E-state index in [2.05, 4.69) is 5.32 Å². The molecule has 31 heavy (non-hydrogen) atoms. The zero-order valence-electron chi connectivity index (χ0n) is 17.5. The number of rotatable bonds is 6. The van der Waals surface area contributed by atoms with Gasteiger partial charge in [-0.15, -0.1) is 0 Å². The van der Waals surface area contributed by atoms with Crippen molar-refractivity contribution in [2.45, 2.75) is 13.3 Å². The number of anilines is 2. The van der Waals surface area contributed by atoms with Gasteiger partial charge in [0.15, 0.2) is 0 Å². The summed E-state index contributed by atoms with van der Waals surface area (Å²) in [5, 5.41) is 2.90. The number of hydrogen-bond acceptors (Lipinski definition) is 4. The molecule has 2 amide bonds. The quantitative estimate of drug-likeness (QED) is 0.628. The molecule has 0 aromatic heterocycles. The summed E-state index contributed by atoms with van der Waals surface area (Å²) in [6.07, 6.45) is 0.187. The predicted octanol–water partition coefficient (Wildman–Crippen LogP) is 4.79. The molecule has 1 fully saturated rings. The highest BCUT2D eigenvalue weighted by molar-refractivity contribution is 6.03. The third kappa shape index (κ3) is 4.86. The van der Waals surface area contributed by atoms with Crippen LogP contribution in [0.5, 0.6) is 17.2 Å². The van der Waals surface area contributed by atoms with Gasteiger partial charge in [-0.3, -0.25) is 9.59 Å². The SMILES string of the molecule is COc1ccc(N2C[C@@H](C(=O)Nc3ccc(Oc4cccc(C)c4)cc3)CC2=O)cc1. The standard InChI is InChI=1S/C25H24N2O4/c1-17-4-3-5-23(14-17)31-22-10-6-19(7-11-22)26-25(29)18-15-24(28)27(16-18)20-8-12-21(30-2)13-9-20/h3-14,18H,15-16H2,1-2H3,(H,26,29)/t18-/m0/s1. The number of benzene rings is 3. The summed E-state index contributed by atoms with van der Waals surface area (Å²) in [5.41, 5.74) is 2.55. The molecule has 3 aromatic rings. The van der Waals surface area contributed by atoms with E-state index in [1.54, 1.807) is 48.4 Å². The Hall–Kier alpha value is -3.80. The van der Waals surface area contributed by atoms with Gasteiger partial charge in [-0.25, -0.2) is 0 Å². The van der Waals surface area contributed by atoms with E-state index in [-0.39, 0.29) is 18.2 Å². The fraction of sp³-hybridized carbons (Fsp3) is 0.200. The Labute approximate surface area is 181 Å². The summed E-state index contributed by atoms with van der Waals surface area (Å²) in [6, 6.07) is 22.3. The fourth-order valence-electron chi connectivity index (χ4n) is 3.56. The van der Waals surface area contributed by atoms with Crippen molar-refractivity contribution in [3.8, 4) is 17.2 Å². The molecule has 4 rings (SSSR count). The maximum atomic E-state index is 12.7. The van der Waals surface area contributed by atoms with Crippen molar-refractivity contribution < 1.29 is 19.1 Å². The third-order valence-electron chi connectivity index (χ3n) is 5.23. The van der Waals surface area contributed by atoms with Crippen LogP contribution in [0.2, 0.25) is 0 Å². The number of nitrogens with zero attached hydrogens (tertiary/aromatic N) is 1. The Morgan fingerprint density at radius 3 is 2.35 bits per heavy atom. The highest BCUT2D eigenvalue weighted by Crippen LogP contribution is 2.28. The van der Waals surface area contributed by atoms with Gasteiger partial charge in [-0.1, -0.05) is 12.1 Å². The van der Waals surface area contributed by atoms with Gasteiger partial charge in [0.2, 0.25) is 11.8 Å². The van der Waals surface area contributed by atoms with Crippen molar-refractivity contribution in [3.05, 3.63) is 78.4 Å². The van der Waals surface area contributed by atoms with Gasteiger partial charge in [-0.2, -0.15) is 0 Å². The Bertz CT molecular complexity index is 1080. The first-order chi connectivity index (χ1) is 15.0. The third-order valence-corrected chi connectivity index (χ3v) is 5.23. The number of carbonyl (C=O) groups is 2. The average Bonchev–Trinajstić information content (AvgIpc) is 3.17. The topological polar surface area (TPSA) is 67.9 Å². The van der Waals surface area contributed by atoms with Crippen LogP contribution in [0.1, 0.15) is 12.0 Å². The maximum Gasteiger partial charge on any atom is 0.229 e. The van der Waals surface area contributed by atoms with E-state index in [9.17, 15) is 9.59 Å². The lowest BCUT2D eigenvalue weighted by Crippen LogP contribution is -2.28. The molecule has 1 saturated heterocycles. The van der Waals surface area contributed by atoms with E-state index in [0.717, 1.165) is 22.7 Å². The summed E-state index contributed by atoms with van der Waals surface area (Å²) < 4.78 is 11.0. The van der Waals surface area contributed by atoms with Crippen LogP contribution in [0.3, 0.4) is 0 Å². The summed E-state index contributed by atoms with van der Waals surface area (Å²) >= 11 is 0. The maximum absolute atomic E-state index is 12.7. The second-order valence-electron chi connectivity index (χ2n) is 7.54. The Kier molecular flexibility index (Phi) is 5.89. The molecule has 1 aliphatic rings. The zero-order chi connectivity index (χ0) is 21.8. The van der Waals surface area contributed by atoms with E-state index in [1.165, 1.54) is 0 Å². The van der Waals surface area contributed by atoms with E-state index in [4.69, 9.17) is 9.47 Å².